The van der Waals surface area contributed by atoms with Gasteiger partial charge in [-0.25, -0.2) is 0 Å². The van der Waals surface area contributed by atoms with Crippen LogP contribution in [0.25, 0.3) is 11.3 Å². The predicted molar refractivity (Wildman–Crippen MR) is 69.9 cm³/mol. The molecule has 2 rings (SSSR count). The van der Waals surface area contributed by atoms with E-state index in [1.807, 2.05) is 4.68 Å². The van der Waals surface area contributed by atoms with Crippen LogP contribution in [-0.4, -0.2) is 9.78 Å². The van der Waals surface area contributed by atoms with Crippen LogP contribution in [0.5, 0.6) is 0 Å². The Bertz CT molecular complexity index is 446. The van der Waals surface area contributed by atoms with Gasteiger partial charge in [-0.3, -0.25) is 4.68 Å². The molecule has 0 aliphatic rings. The van der Waals surface area contributed by atoms with E-state index in [2.05, 4.69) is 42.0 Å². The smallest absolute Gasteiger partial charge is 0.0975 e. The number of halogens is 1. The summed E-state index contributed by atoms with van der Waals surface area (Å²) in [5.41, 5.74) is 3.31. The predicted octanol–water partition coefficient (Wildman–Crippen LogP) is 4.01. The molecule has 0 N–H and O–H groups in total. The lowest BCUT2D eigenvalue weighted by atomic mass is 10.2. The van der Waals surface area contributed by atoms with Crippen molar-refractivity contribution in [2.45, 2.75) is 26.3 Å². The average Bonchev–Trinajstić information content (AvgIpc) is 2.83. The Labute approximate surface area is 105 Å². The van der Waals surface area contributed by atoms with E-state index in [1.165, 1.54) is 5.56 Å². The van der Waals surface area contributed by atoms with Gasteiger partial charge < -0.3 is 0 Å². The molecule has 4 heteroatoms. The van der Waals surface area contributed by atoms with Crippen LogP contribution < -0.4 is 0 Å². The minimum Gasteiger partial charge on any atom is -0.272 e. The first-order chi connectivity index (χ1) is 7.70. The van der Waals surface area contributed by atoms with E-state index in [-0.39, 0.29) is 0 Å². The largest absolute Gasteiger partial charge is 0.272 e. The summed E-state index contributed by atoms with van der Waals surface area (Å²) in [5.74, 6) is 1.11. The summed E-state index contributed by atoms with van der Waals surface area (Å²) in [7, 11) is 0. The van der Waals surface area contributed by atoms with Crippen molar-refractivity contribution in [2.24, 2.45) is 5.92 Å². The van der Waals surface area contributed by atoms with Crippen molar-refractivity contribution in [1.29, 1.82) is 0 Å². The molecule has 0 aliphatic heterocycles. The van der Waals surface area contributed by atoms with Crippen LogP contribution >= 0.6 is 22.9 Å². The molecule has 0 unspecified atom stereocenters. The lowest BCUT2D eigenvalue weighted by molar-refractivity contribution is 0.484. The van der Waals surface area contributed by atoms with Crippen LogP contribution in [0.3, 0.4) is 0 Å². The van der Waals surface area contributed by atoms with Gasteiger partial charge in [-0.2, -0.15) is 16.4 Å². The van der Waals surface area contributed by atoms with Gasteiger partial charge in [0.15, 0.2) is 0 Å². The average molecular weight is 255 g/mol. The van der Waals surface area contributed by atoms with Crippen molar-refractivity contribution in [1.82, 2.24) is 9.78 Å². The molecule has 16 heavy (non-hydrogen) atoms. The fourth-order valence-corrected chi connectivity index (χ4v) is 2.51. The molecule has 0 saturated carbocycles. The molecular formula is C12H15ClN2S. The molecule has 0 aliphatic carbocycles. The molecule has 0 fully saturated rings. The second-order valence-electron chi connectivity index (χ2n) is 4.26. The van der Waals surface area contributed by atoms with Gasteiger partial charge in [0.2, 0.25) is 0 Å². The third kappa shape index (κ3) is 2.47. The molecule has 0 bridgehead atoms. The van der Waals surface area contributed by atoms with Crippen molar-refractivity contribution in [3.8, 4) is 11.3 Å². The maximum atomic E-state index is 5.95. The van der Waals surface area contributed by atoms with E-state index in [0.29, 0.717) is 11.8 Å². The van der Waals surface area contributed by atoms with E-state index >= 15 is 0 Å². The van der Waals surface area contributed by atoms with Crippen molar-refractivity contribution in [3.63, 3.8) is 0 Å². The Morgan fingerprint density at radius 1 is 1.50 bits per heavy atom. The van der Waals surface area contributed by atoms with Crippen LogP contribution in [0.15, 0.2) is 23.0 Å². The molecule has 2 heterocycles. The first-order valence-electron chi connectivity index (χ1n) is 5.35. The highest BCUT2D eigenvalue weighted by atomic mass is 35.5. The first kappa shape index (κ1) is 11.7. The highest BCUT2D eigenvalue weighted by Gasteiger charge is 2.11. The molecular weight excluding hydrogens is 240 g/mol. The lowest BCUT2D eigenvalue weighted by Gasteiger charge is -2.03. The Balaban J connectivity index is 2.33. The number of hydrogen-bond donors (Lipinski definition) is 0. The van der Waals surface area contributed by atoms with Gasteiger partial charge in [-0.05, 0) is 17.4 Å². The van der Waals surface area contributed by atoms with Crippen LogP contribution in [0.1, 0.15) is 19.4 Å². The standard InChI is InChI=1S/C12H15ClN2S/c1-9(2)6-15-7-11(5-13)12(14-15)10-3-4-16-8-10/h3-4,7-9H,5-6H2,1-2H3. The molecule has 0 aromatic carbocycles. The van der Waals surface area contributed by atoms with E-state index in [0.717, 1.165) is 17.8 Å². The van der Waals surface area contributed by atoms with Crippen molar-refractivity contribution in [2.75, 3.05) is 0 Å². The summed E-state index contributed by atoms with van der Waals surface area (Å²) in [4.78, 5) is 0. The summed E-state index contributed by atoms with van der Waals surface area (Å²) < 4.78 is 2.00. The van der Waals surface area contributed by atoms with E-state index in [1.54, 1.807) is 11.3 Å². The minimum atomic E-state index is 0.517. The van der Waals surface area contributed by atoms with Crippen molar-refractivity contribution < 1.29 is 0 Å². The molecule has 0 radical (unpaired) electrons. The van der Waals surface area contributed by atoms with Crippen LogP contribution in [-0.2, 0) is 12.4 Å². The number of thiophene rings is 1. The van der Waals surface area contributed by atoms with Crippen LogP contribution in [0.2, 0.25) is 0 Å². The number of hydrogen-bond acceptors (Lipinski definition) is 2. The summed E-state index contributed by atoms with van der Waals surface area (Å²) in [5, 5.41) is 8.78. The van der Waals surface area contributed by atoms with E-state index in [4.69, 9.17) is 11.6 Å². The Morgan fingerprint density at radius 2 is 2.31 bits per heavy atom. The fourth-order valence-electron chi connectivity index (χ4n) is 1.67. The lowest BCUT2D eigenvalue weighted by Crippen LogP contribution is -2.04. The molecule has 2 aromatic rings. The fraction of sp³-hybridized carbons (Fsp3) is 0.417. The number of aromatic nitrogens is 2. The van der Waals surface area contributed by atoms with Gasteiger partial charge in [0.25, 0.3) is 0 Å². The Kier molecular flexibility index (Phi) is 3.66. The second-order valence-corrected chi connectivity index (χ2v) is 5.31. The summed E-state index contributed by atoms with van der Waals surface area (Å²) >= 11 is 7.63. The maximum Gasteiger partial charge on any atom is 0.0975 e. The highest BCUT2D eigenvalue weighted by Crippen LogP contribution is 2.25. The monoisotopic (exact) mass is 254 g/mol. The zero-order valence-electron chi connectivity index (χ0n) is 9.48. The molecule has 2 aromatic heterocycles. The van der Waals surface area contributed by atoms with Crippen molar-refractivity contribution >= 4 is 22.9 Å². The third-order valence-corrected chi connectivity index (χ3v) is 3.30. The second kappa shape index (κ2) is 5.02. The van der Waals surface area contributed by atoms with Crippen molar-refractivity contribution in [3.05, 3.63) is 28.6 Å². The van der Waals surface area contributed by atoms with Gasteiger partial charge in [-0.1, -0.05) is 13.8 Å². The number of alkyl halides is 1. The van der Waals surface area contributed by atoms with Gasteiger partial charge in [-0.15, -0.1) is 11.6 Å². The topological polar surface area (TPSA) is 17.8 Å². The first-order valence-corrected chi connectivity index (χ1v) is 6.83. The van der Waals surface area contributed by atoms with Crippen LogP contribution in [0, 0.1) is 5.92 Å². The molecule has 2 nitrogen and oxygen atoms in total. The van der Waals surface area contributed by atoms with Gasteiger partial charge in [0.05, 0.1) is 11.6 Å². The summed E-state index contributed by atoms with van der Waals surface area (Å²) in [6, 6.07) is 2.09. The number of nitrogens with zero attached hydrogens (tertiary/aromatic N) is 2. The third-order valence-electron chi connectivity index (χ3n) is 2.33. The zero-order chi connectivity index (χ0) is 11.5. The molecule has 0 amide bonds. The summed E-state index contributed by atoms with van der Waals surface area (Å²) in [6.45, 7) is 5.31. The molecule has 0 atom stereocenters. The molecule has 86 valence electrons. The Morgan fingerprint density at radius 3 is 2.88 bits per heavy atom. The van der Waals surface area contributed by atoms with Gasteiger partial charge in [0, 0.05) is 29.2 Å². The van der Waals surface area contributed by atoms with Gasteiger partial charge >= 0.3 is 0 Å². The highest BCUT2D eigenvalue weighted by molar-refractivity contribution is 7.08. The Hall–Kier alpha value is -0.800. The molecule has 0 spiro atoms. The maximum absolute atomic E-state index is 5.95. The van der Waals surface area contributed by atoms with Crippen LogP contribution in [0.4, 0.5) is 0 Å². The summed E-state index contributed by atoms with van der Waals surface area (Å²) in [6.07, 6.45) is 2.06. The SMILES string of the molecule is CC(C)Cn1cc(CCl)c(-c2ccsc2)n1. The normalized spacial score (nSPS) is 11.2. The van der Waals surface area contributed by atoms with E-state index < -0.39 is 0 Å². The minimum absolute atomic E-state index is 0.517. The van der Waals surface area contributed by atoms with E-state index in [9.17, 15) is 0 Å². The number of rotatable bonds is 4. The molecule has 0 saturated heterocycles. The van der Waals surface area contributed by atoms with Gasteiger partial charge in [0.1, 0.15) is 0 Å². The quantitative estimate of drug-likeness (QED) is 0.754. The zero-order valence-corrected chi connectivity index (χ0v) is 11.1.